The van der Waals surface area contributed by atoms with Gasteiger partial charge in [-0.3, -0.25) is 0 Å². The van der Waals surface area contributed by atoms with Crippen molar-refractivity contribution in [3.05, 3.63) is 60.4 Å². The van der Waals surface area contributed by atoms with Gasteiger partial charge < -0.3 is 9.26 Å². The second-order valence-corrected chi connectivity index (χ2v) is 3.83. The summed E-state index contributed by atoms with van der Waals surface area (Å²) in [5, 5.41) is 4.56. The predicted octanol–water partition coefficient (Wildman–Crippen LogP) is 3.61. The van der Waals surface area contributed by atoms with Crippen molar-refractivity contribution in [1.29, 1.82) is 0 Å². The summed E-state index contributed by atoms with van der Waals surface area (Å²) in [7, 11) is 0. The summed E-state index contributed by atoms with van der Waals surface area (Å²) < 4.78 is 9.94. The molecule has 5 heteroatoms. The summed E-state index contributed by atoms with van der Waals surface area (Å²) in [5.74, 6) is 1.06. The fourth-order valence-electron chi connectivity index (χ4n) is 1.31. The molecule has 2 aromatic rings. The molecule has 0 atom stereocenters. The van der Waals surface area contributed by atoms with E-state index in [0.29, 0.717) is 23.2 Å². The van der Waals surface area contributed by atoms with Crippen molar-refractivity contribution >= 4 is 11.6 Å². The van der Waals surface area contributed by atoms with Gasteiger partial charge in [-0.15, -0.1) is 0 Å². The summed E-state index contributed by atoms with van der Waals surface area (Å²) in [6.45, 7) is 3.42. The number of hydrogen-bond acceptors (Lipinski definition) is 4. The summed E-state index contributed by atoms with van der Waals surface area (Å²) in [4.78, 5) is 4.25. The number of allylic oxidation sites excluding steroid dienone is 1. The molecule has 1 aromatic heterocycles. The number of halogens is 1. The van der Waals surface area contributed by atoms with Gasteiger partial charge in [-0.1, -0.05) is 23.3 Å². The SMILES string of the molecule is C=CO/C=C\Cc1nc(-c2ccc(Cl)cc2)no1. The van der Waals surface area contributed by atoms with Crippen LogP contribution in [0.5, 0.6) is 0 Å². The second kappa shape index (κ2) is 6.02. The van der Waals surface area contributed by atoms with Crippen LogP contribution < -0.4 is 0 Å². The zero-order chi connectivity index (χ0) is 12.8. The van der Waals surface area contributed by atoms with Crippen LogP contribution in [0.2, 0.25) is 5.02 Å². The minimum Gasteiger partial charge on any atom is -0.474 e. The van der Waals surface area contributed by atoms with Crippen molar-refractivity contribution in [2.24, 2.45) is 0 Å². The first-order chi connectivity index (χ1) is 8.79. The van der Waals surface area contributed by atoms with E-state index in [9.17, 15) is 0 Å². The summed E-state index contributed by atoms with van der Waals surface area (Å²) in [6, 6.07) is 7.25. The molecule has 0 aliphatic rings. The Hall–Kier alpha value is -2.07. The molecule has 0 aliphatic heterocycles. The number of nitrogens with zero attached hydrogens (tertiary/aromatic N) is 2. The lowest BCUT2D eigenvalue weighted by Crippen LogP contribution is -1.83. The van der Waals surface area contributed by atoms with Gasteiger partial charge in [0, 0.05) is 17.0 Å². The summed E-state index contributed by atoms with van der Waals surface area (Å²) >= 11 is 5.81. The Morgan fingerprint density at radius 3 is 2.83 bits per heavy atom. The Morgan fingerprint density at radius 1 is 1.33 bits per heavy atom. The van der Waals surface area contributed by atoms with Gasteiger partial charge in [-0.05, 0) is 30.3 Å². The maximum atomic E-state index is 5.81. The van der Waals surface area contributed by atoms with Gasteiger partial charge in [0.15, 0.2) is 0 Å². The van der Waals surface area contributed by atoms with Gasteiger partial charge in [0.1, 0.15) is 0 Å². The Balaban J connectivity index is 2.05. The van der Waals surface area contributed by atoms with Crippen LogP contribution in [-0.4, -0.2) is 10.1 Å². The Labute approximate surface area is 110 Å². The van der Waals surface area contributed by atoms with Crippen LogP contribution in [0.15, 0.2) is 54.0 Å². The van der Waals surface area contributed by atoms with Crippen molar-refractivity contribution in [3.8, 4) is 11.4 Å². The van der Waals surface area contributed by atoms with Gasteiger partial charge in [0.05, 0.1) is 12.5 Å². The normalized spacial score (nSPS) is 10.7. The monoisotopic (exact) mass is 262 g/mol. The fraction of sp³-hybridized carbons (Fsp3) is 0.0769. The smallest absolute Gasteiger partial charge is 0.230 e. The molecule has 0 unspecified atom stereocenters. The highest BCUT2D eigenvalue weighted by molar-refractivity contribution is 6.30. The summed E-state index contributed by atoms with van der Waals surface area (Å²) in [6.07, 6.45) is 5.12. The Kier molecular flexibility index (Phi) is 4.15. The van der Waals surface area contributed by atoms with Crippen molar-refractivity contribution in [1.82, 2.24) is 10.1 Å². The highest BCUT2D eigenvalue weighted by atomic mass is 35.5. The number of aromatic nitrogens is 2. The molecule has 0 bridgehead atoms. The second-order valence-electron chi connectivity index (χ2n) is 3.40. The maximum absolute atomic E-state index is 5.81. The van der Waals surface area contributed by atoms with Crippen LogP contribution in [0.3, 0.4) is 0 Å². The van der Waals surface area contributed by atoms with Crippen molar-refractivity contribution < 1.29 is 9.26 Å². The van der Waals surface area contributed by atoms with E-state index >= 15 is 0 Å². The molecule has 1 heterocycles. The van der Waals surface area contributed by atoms with E-state index in [1.54, 1.807) is 18.2 Å². The quantitative estimate of drug-likeness (QED) is 0.773. The molecular formula is C13H11ClN2O2. The molecule has 0 radical (unpaired) electrons. The summed E-state index contributed by atoms with van der Waals surface area (Å²) in [5.41, 5.74) is 0.862. The third-order valence-corrected chi connectivity index (χ3v) is 2.39. The van der Waals surface area contributed by atoms with Crippen LogP contribution in [-0.2, 0) is 11.2 Å². The molecule has 2 rings (SSSR count). The van der Waals surface area contributed by atoms with Crippen LogP contribution in [0, 0.1) is 0 Å². The van der Waals surface area contributed by atoms with E-state index in [4.69, 9.17) is 20.9 Å². The number of rotatable bonds is 5. The van der Waals surface area contributed by atoms with Crippen LogP contribution in [0.4, 0.5) is 0 Å². The molecule has 18 heavy (non-hydrogen) atoms. The first-order valence-electron chi connectivity index (χ1n) is 5.29. The largest absolute Gasteiger partial charge is 0.474 e. The highest BCUT2D eigenvalue weighted by Crippen LogP contribution is 2.18. The van der Waals surface area contributed by atoms with Crippen molar-refractivity contribution in [2.75, 3.05) is 0 Å². The lowest BCUT2D eigenvalue weighted by molar-refractivity contribution is 0.381. The highest BCUT2D eigenvalue weighted by Gasteiger charge is 2.06. The standard InChI is InChI=1S/C13H11ClN2O2/c1-2-17-9-3-4-12-15-13(16-18-12)10-5-7-11(14)8-6-10/h2-3,5-9H,1,4H2/b9-3-. The van der Waals surface area contributed by atoms with Gasteiger partial charge in [-0.25, -0.2) is 0 Å². The third kappa shape index (κ3) is 3.21. The van der Waals surface area contributed by atoms with Crippen LogP contribution in [0.25, 0.3) is 11.4 Å². The molecular weight excluding hydrogens is 252 g/mol. The lowest BCUT2D eigenvalue weighted by Gasteiger charge is -1.93. The molecule has 92 valence electrons. The first-order valence-corrected chi connectivity index (χ1v) is 5.67. The molecule has 0 amide bonds. The molecule has 0 saturated heterocycles. The first kappa shape index (κ1) is 12.4. The van der Waals surface area contributed by atoms with E-state index in [1.165, 1.54) is 12.5 Å². The van der Waals surface area contributed by atoms with E-state index in [1.807, 2.05) is 12.1 Å². The molecule has 0 fully saturated rings. The minimum atomic E-state index is 0.508. The number of benzene rings is 1. The predicted molar refractivity (Wildman–Crippen MR) is 68.9 cm³/mol. The zero-order valence-corrected chi connectivity index (χ0v) is 10.3. The average Bonchev–Trinajstić information content (AvgIpc) is 2.84. The number of hydrogen-bond donors (Lipinski definition) is 0. The van der Waals surface area contributed by atoms with Gasteiger partial charge in [0.2, 0.25) is 11.7 Å². The molecule has 1 aromatic carbocycles. The molecule has 0 aliphatic carbocycles. The van der Waals surface area contributed by atoms with E-state index in [-0.39, 0.29) is 0 Å². The van der Waals surface area contributed by atoms with Gasteiger partial charge in [0.25, 0.3) is 0 Å². The zero-order valence-electron chi connectivity index (χ0n) is 9.54. The topological polar surface area (TPSA) is 48.2 Å². The van der Waals surface area contributed by atoms with Crippen LogP contribution >= 0.6 is 11.6 Å². The van der Waals surface area contributed by atoms with Crippen molar-refractivity contribution in [2.45, 2.75) is 6.42 Å². The Morgan fingerprint density at radius 2 is 2.11 bits per heavy atom. The third-order valence-electron chi connectivity index (χ3n) is 2.13. The average molecular weight is 263 g/mol. The Bertz CT molecular complexity index is 546. The molecule has 0 N–H and O–H groups in total. The minimum absolute atomic E-state index is 0.508. The molecule has 4 nitrogen and oxygen atoms in total. The van der Waals surface area contributed by atoms with E-state index in [2.05, 4.69) is 16.7 Å². The maximum Gasteiger partial charge on any atom is 0.230 e. The van der Waals surface area contributed by atoms with Gasteiger partial charge >= 0.3 is 0 Å². The lowest BCUT2D eigenvalue weighted by atomic mass is 10.2. The van der Waals surface area contributed by atoms with Crippen molar-refractivity contribution in [3.63, 3.8) is 0 Å². The van der Waals surface area contributed by atoms with E-state index in [0.717, 1.165) is 5.56 Å². The molecule has 0 saturated carbocycles. The number of ether oxygens (including phenoxy) is 1. The van der Waals surface area contributed by atoms with E-state index < -0.39 is 0 Å². The molecule has 0 spiro atoms. The fourth-order valence-corrected chi connectivity index (χ4v) is 1.44. The van der Waals surface area contributed by atoms with Gasteiger partial charge in [-0.2, -0.15) is 4.98 Å². The van der Waals surface area contributed by atoms with Crippen LogP contribution in [0.1, 0.15) is 5.89 Å².